The molecule has 2 saturated carbocycles. The number of aromatic hydroxyl groups is 1. The first-order valence-electron chi connectivity index (χ1n) is 10.6. The summed E-state index contributed by atoms with van der Waals surface area (Å²) >= 11 is 0. The number of carbonyl (C=O) groups is 1. The molecule has 3 aliphatic carbocycles. The van der Waals surface area contributed by atoms with Gasteiger partial charge in [0.1, 0.15) is 5.75 Å². The number of hydrogen-bond acceptors (Lipinski definition) is 3. The van der Waals surface area contributed by atoms with E-state index in [1.54, 1.807) is 0 Å². The van der Waals surface area contributed by atoms with Crippen molar-refractivity contribution in [3.63, 3.8) is 0 Å². The minimum Gasteiger partial charge on any atom is -0.508 e. The smallest absolute Gasteiger partial charge is 0.165 e. The Balaban J connectivity index is 1.47. The van der Waals surface area contributed by atoms with E-state index >= 15 is 0 Å². The lowest BCUT2D eigenvalue weighted by atomic mass is 9.55. The molecular formula is C26H25NO2. The summed E-state index contributed by atoms with van der Waals surface area (Å²) in [6.07, 6.45) is 6.95. The van der Waals surface area contributed by atoms with Crippen LogP contribution in [0.4, 0.5) is 0 Å². The number of hydrogen-bond donors (Lipinski definition) is 1. The molecule has 29 heavy (non-hydrogen) atoms. The van der Waals surface area contributed by atoms with Crippen molar-refractivity contribution in [2.24, 2.45) is 17.3 Å². The van der Waals surface area contributed by atoms with Crippen molar-refractivity contribution >= 4 is 11.9 Å². The maximum Gasteiger partial charge on any atom is 0.165 e. The summed E-state index contributed by atoms with van der Waals surface area (Å²) in [7, 11) is 0. The Morgan fingerprint density at radius 1 is 1.17 bits per heavy atom. The number of phenolic OH excluding ortho intramolecular Hbond substituents is 1. The molecule has 2 fully saturated rings. The predicted octanol–water partition coefficient (Wildman–Crippen LogP) is 5.38. The number of nitriles is 1. The number of ketones is 1. The average molecular weight is 383 g/mol. The second kappa shape index (κ2) is 6.59. The summed E-state index contributed by atoms with van der Waals surface area (Å²) in [6.45, 7) is 2.18. The van der Waals surface area contributed by atoms with Crippen LogP contribution in [0.2, 0.25) is 0 Å². The first-order valence-corrected chi connectivity index (χ1v) is 10.6. The van der Waals surface area contributed by atoms with Crippen LogP contribution in [-0.4, -0.2) is 10.9 Å². The van der Waals surface area contributed by atoms with E-state index in [9.17, 15) is 9.90 Å². The Morgan fingerprint density at radius 2 is 1.97 bits per heavy atom. The number of nitrogens with zero attached hydrogens (tertiary/aromatic N) is 1. The van der Waals surface area contributed by atoms with Gasteiger partial charge in [0.25, 0.3) is 0 Å². The van der Waals surface area contributed by atoms with Gasteiger partial charge in [0.2, 0.25) is 0 Å². The Morgan fingerprint density at radius 3 is 2.72 bits per heavy atom. The molecule has 4 atom stereocenters. The van der Waals surface area contributed by atoms with Crippen molar-refractivity contribution in [3.05, 3.63) is 70.3 Å². The fourth-order valence-electron chi connectivity index (χ4n) is 6.22. The van der Waals surface area contributed by atoms with Crippen molar-refractivity contribution in [3.8, 4) is 11.8 Å². The van der Waals surface area contributed by atoms with Gasteiger partial charge < -0.3 is 5.11 Å². The molecule has 0 heterocycles. The zero-order valence-corrected chi connectivity index (χ0v) is 16.7. The third kappa shape index (κ3) is 2.82. The Hall–Kier alpha value is -2.86. The fourth-order valence-corrected chi connectivity index (χ4v) is 6.22. The largest absolute Gasteiger partial charge is 0.508 e. The summed E-state index contributed by atoms with van der Waals surface area (Å²) in [6, 6.07) is 15.5. The van der Waals surface area contributed by atoms with E-state index < -0.39 is 0 Å². The molecule has 1 N–H and O–H groups in total. The summed E-state index contributed by atoms with van der Waals surface area (Å²) in [5, 5.41) is 18.8. The van der Waals surface area contributed by atoms with Crippen LogP contribution in [0.3, 0.4) is 0 Å². The number of carbonyl (C=O) groups excluding carboxylic acids is 1. The highest BCUT2D eigenvalue weighted by Gasteiger charge is 2.56. The quantitative estimate of drug-likeness (QED) is 0.672. The van der Waals surface area contributed by atoms with E-state index in [4.69, 9.17) is 5.26 Å². The van der Waals surface area contributed by atoms with Crippen LogP contribution in [-0.2, 0) is 11.2 Å². The van der Waals surface area contributed by atoms with Gasteiger partial charge >= 0.3 is 0 Å². The lowest BCUT2D eigenvalue weighted by Gasteiger charge is -2.48. The molecule has 0 bridgehead atoms. The second-order valence-electron chi connectivity index (χ2n) is 9.19. The summed E-state index contributed by atoms with van der Waals surface area (Å²) in [5.41, 5.74) is 4.99. The van der Waals surface area contributed by atoms with Crippen LogP contribution in [0.15, 0.2) is 48.0 Å². The monoisotopic (exact) mass is 383 g/mol. The molecule has 3 nitrogen and oxygen atoms in total. The molecule has 3 heteroatoms. The van der Waals surface area contributed by atoms with Crippen molar-refractivity contribution in [1.29, 1.82) is 5.26 Å². The molecule has 146 valence electrons. The van der Waals surface area contributed by atoms with Gasteiger partial charge in [0, 0.05) is 5.41 Å². The van der Waals surface area contributed by atoms with Crippen molar-refractivity contribution in [2.45, 2.75) is 44.9 Å². The highest BCUT2D eigenvalue weighted by Crippen LogP contribution is 2.60. The zero-order valence-electron chi connectivity index (χ0n) is 16.7. The average Bonchev–Trinajstić information content (AvgIpc) is 2.99. The van der Waals surface area contributed by atoms with Gasteiger partial charge in [-0.25, -0.2) is 0 Å². The topological polar surface area (TPSA) is 61.1 Å². The van der Waals surface area contributed by atoms with Crippen LogP contribution in [0, 0.1) is 28.6 Å². The lowest BCUT2D eigenvalue weighted by Crippen LogP contribution is -2.42. The van der Waals surface area contributed by atoms with Gasteiger partial charge in [-0.05, 0) is 102 Å². The molecule has 2 aromatic rings. The molecule has 0 radical (unpaired) electrons. The number of phenols is 1. The predicted molar refractivity (Wildman–Crippen MR) is 112 cm³/mol. The van der Waals surface area contributed by atoms with Gasteiger partial charge in [0.15, 0.2) is 5.78 Å². The minimum absolute atomic E-state index is 0.256. The molecule has 3 aliphatic rings. The lowest BCUT2D eigenvalue weighted by molar-refractivity contribution is -0.127. The fraction of sp³-hybridized carbons (Fsp3) is 0.385. The minimum atomic E-state index is -0.256. The zero-order chi connectivity index (χ0) is 20.2. The third-order valence-electron chi connectivity index (χ3n) is 7.73. The van der Waals surface area contributed by atoms with Crippen LogP contribution in [0.5, 0.6) is 5.75 Å². The molecule has 0 saturated heterocycles. The SMILES string of the molecule is C[C@]12CCC3c4ccc(O)cc4CCC3C1CC(=Cc1ccc(C#N)cc1)C2=O. The summed E-state index contributed by atoms with van der Waals surface area (Å²) in [5.74, 6) is 2.09. The highest BCUT2D eigenvalue weighted by molar-refractivity contribution is 6.06. The molecule has 3 unspecified atom stereocenters. The van der Waals surface area contributed by atoms with Crippen LogP contribution in [0.1, 0.15) is 60.8 Å². The Kier molecular flexibility index (Phi) is 4.13. The maximum absolute atomic E-state index is 13.4. The van der Waals surface area contributed by atoms with E-state index in [0.29, 0.717) is 34.8 Å². The van der Waals surface area contributed by atoms with Crippen LogP contribution >= 0.6 is 0 Å². The molecule has 0 aromatic heterocycles. The maximum atomic E-state index is 13.4. The normalized spacial score (nSPS) is 31.7. The molecule has 5 rings (SSSR count). The van der Waals surface area contributed by atoms with Crippen LogP contribution in [0.25, 0.3) is 6.08 Å². The number of rotatable bonds is 1. The number of fused-ring (bicyclic) bond motifs is 5. The standard InChI is InChI=1S/C26H25NO2/c1-26-11-10-22-21-9-7-20(28)13-18(21)6-8-23(22)24(26)14-19(25(26)29)12-16-2-4-17(15-27)5-3-16/h2-5,7,9,12-13,22-24,28H,6,8,10-11,14H2,1H3/t22?,23?,24?,26-/m0/s1. The molecule has 0 aliphatic heterocycles. The Bertz CT molecular complexity index is 1060. The van der Waals surface area contributed by atoms with Gasteiger partial charge in [-0.3, -0.25) is 4.79 Å². The van der Waals surface area contributed by atoms with E-state index in [1.165, 1.54) is 11.1 Å². The molecule has 0 amide bonds. The van der Waals surface area contributed by atoms with E-state index in [1.807, 2.05) is 42.5 Å². The second-order valence-corrected chi connectivity index (χ2v) is 9.19. The Labute approximate surface area is 171 Å². The van der Waals surface area contributed by atoms with E-state index in [-0.39, 0.29) is 5.41 Å². The van der Waals surface area contributed by atoms with E-state index in [0.717, 1.165) is 43.2 Å². The number of benzene rings is 2. The molecule has 2 aromatic carbocycles. The van der Waals surface area contributed by atoms with Crippen molar-refractivity contribution in [2.75, 3.05) is 0 Å². The molecule has 0 spiro atoms. The third-order valence-corrected chi connectivity index (χ3v) is 7.73. The number of aryl methyl sites for hydroxylation is 1. The van der Waals surface area contributed by atoms with Crippen LogP contribution < -0.4 is 0 Å². The van der Waals surface area contributed by atoms with Crippen molar-refractivity contribution < 1.29 is 9.90 Å². The van der Waals surface area contributed by atoms with Crippen molar-refractivity contribution in [1.82, 2.24) is 0 Å². The number of Topliss-reactive ketones (excluding diaryl/α,β-unsaturated/α-hetero) is 1. The highest BCUT2D eigenvalue weighted by atomic mass is 16.3. The van der Waals surface area contributed by atoms with E-state index in [2.05, 4.69) is 19.1 Å². The van der Waals surface area contributed by atoms with Gasteiger partial charge in [-0.1, -0.05) is 25.1 Å². The number of allylic oxidation sites excluding steroid dienone is 1. The van der Waals surface area contributed by atoms with Gasteiger partial charge in [-0.15, -0.1) is 0 Å². The summed E-state index contributed by atoms with van der Waals surface area (Å²) in [4.78, 5) is 13.4. The first kappa shape index (κ1) is 18.2. The van der Waals surface area contributed by atoms with Gasteiger partial charge in [0.05, 0.1) is 11.6 Å². The summed E-state index contributed by atoms with van der Waals surface area (Å²) < 4.78 is 0. The van der Waals surface area contributed by atoms with Gasteiger partial charge in [-0.2, -0.15) is 5.26 Å². The molecular weight excluding hydrogens is 358 g/mol. The first-order chi connectivity index (χ1) is 14.0.